The van der Waals surface area contributed by atoms with Gasteiger partial charge in [0.25, 0.3) is 0 Å². The van der Waals surface area contributed by atoms with Gasteiger partial charge < -0.3 is 4.74 Å². The standard InChI is InChI=1S/C12H15ClO4S/c1-10(9-18(13,15)16)7-12(14)17-8-11-5-3-2-4-6-11/h2-6,10H,7-9H2,1H3/t10-/m0/s1. The molecule has 1 aromatic rings. The van der Waals surface area contributed by atoms with Gasteiger partial charge in [0.05, 0.1) is 5.75 Å². The average molecular weight is 291 g/mol. The Balaban J connectivity index is 2.34. The number of hydrogen-bond acceptors (Lipinski definition) is 4. The molecule has 1 atom stereocenters. The Hall–Kier alpha value is -1.07. The first-order valence-corrected chi connectivity index (χ1v) is 7.96. The maximum atomic E-state index is 11.5. The van der Waals surface area contributed by atoms with Crippen LogP contribution in [0.1, 0.15) is 18.9 Å². The van der Waals surface area contributed by atoms with E-state index in [1.54, 1.807) is 6.92 Å². The molecule has 0 aliphatic heterocycles. The average Bonchev–Trinajstić information content (AvgIpc) is 2.25. The molecule has 18 heavy (non-hydrogen) atoms. The third kappa shape index (κ3) is 6.61. The van der Waals surface area contributed by atoms with E-state index >= 15 is 0 Å². The molecule has 0 N–H and O–H groups in total. The Morgan fingerprint density at radius 1 is 1.33 bits per heavy atom. The Bertz CT molecular complexity index is 484. The molecule has 6 heteroatoms. The predicted octanol–water partition coefficient (Wildman–Crippen LogP) is 2.32. The molecule has 0 bridgehead atoms. The topological polar surface area (TPSA) is 60.4 Å². The van der Waals surface area contributed by atoms with Crippen molar-refractivity contribution in [3.05, 3.63) is 35.9 Å². The predicted molar refractivity (Wildman–Crippen MR) is 69.7 cm³/mol. The van der Waals surface area contributed by atoms with E-state index in [4.69, 9.17) is 15.4 Å². The van der Waals surface area contributed by atoms with E-state index < -0.39 is 15.0 Å². The zero-order chi connectivity index (χ0) is 13.6. The quantitative estimate of drug-likeness (QED) is 0.596. The van der Waals surface area contributed by atoms with Gasteiger partial charge in [-0.2, -0.15) is 0 Å². The largest absolute Gasteiger partial charge is 0.461 e. The fourth-order valence-electron chi connectivity index (χ4n) is 1.48. The first-order valence-electron chi connectivity index (χ1n) is 5.48. The lowest BCUT2D eigenvalue weighted by atomic mass is 10.1. The summed E-state index contributed by atoms with van der Waals surface area (Å²) in [5.74, 6) is -1.00. The first-order chi connectivity index (χ1) is 8.37. The number of carbonyl (C=O) groups is 1. The normalized spacial score (nSPS) is 13.0. The van der Waals surface area contributed by atoms with Crippen molar-refractivity contribution in [1.82, 2.24) is 0 Å². The van der Waals surface area contributed by atoms with Gasteiger partial charge in [0.2, 0.25) is 9.05 Å². The molecular formula is C12H15ClO4S. The van der Waals surface area contributed by atoms with Crippen LogP contribution in [-0.4, -0.2) is 20.1 Å². The highest BCUT2D eigenvalue weighted by Gasteiger charge is 2.16. The molecule has 0 heterocycles. The fourth-order valence-corrected chi connectivity index (χ4v) is 2.92. The van der Waals surface area contributed by atoms with E-state index in [2.05, 4.69) is 0 Å². The summed E-state index contributed by atoms with van der Waals surface area (Å²) in [6.07, 6.45) is 0.0405. The highest BCUT2D eigenvalue weighted by atomic mass is 35.7. The highest BCUT2D eigenvalue weighted by Crippen LogP contribution is 2.11. The van der Waals surface area contributed by atoms with Gasteiger partial charge in [-0.3, -0.25) is 4.79 Å². The highest BCUT2D eigenvalue weighted by molar-refractivity contribution is 8.13. The van der Waals surface area contributed by atoms with E-state index in [9.17, 15) is 13.2 Å². The number of halogens is 1. The van der Waals surface area contributed by atoms with Crippen LogP contribution in [0.5, 0.6) is 0 Å². The number of hydrogen-bond donors (Lipinski definition) is 0. The molecule has 1 aromatic carbocycles. The zero-order valence-electron chi connectivity index (χ0n) is 10.0. The van der Waals surface area contributed by atoms with Crippen molar-refractivity contribution >= 4 is 25.7 Å². The number of rotatable bonds is 6. The van der Waals surface area contributed by atoms with Crippen molar-refractivity contribution in [1.29, 1.82) is 0 Å². The molecule has 0 saturated heterocycles. The lowest BCUT2D eigenvalue weighted by Crippen LogP contribution is -2.15. The Labute approximate surface area is 111 Å². The summed E-state index contributed by atoms with van der Waals surface area (Å²) in [5.41, 5.74) is 0.892. The molecule has 0 aromatic heterocycles. The minimum Gasteiger partial charge on any atom is -0.461 e. The van der Waals surface area contributed by atoms with Crippen LogP contribution in [0.2, 0.25) is 0 Å². The van der Waals surface area contributed by atoms with E-state index in [1.807, 2.05) is 30.3 Å². The van der Waals surface area contributed by atoms with Crippen LogP contribution in [0, 0.1) is 5.92 Å². The number of ether oxygens (including phenoxy) is 1. The van der Waals surface area contributed by atoms with Gasteiger partial charge in [-0.15, -0.1) is 0 Å². The van der Waals surface area contributed by atoms with Gasteiger partial charge in [0.15, 0.2) is 0 Å². The molecule has 0 amide bonds. The molecule has 0 unspecified atom stereocenters. The summed E-state index contributed by atoms with van der Waals surface area (Å²) in [5, 5.41) is 0. The summed E-state index contributed by atoms with van der Waals surface area (Å²) < 4.78 is 26.7. The summed E-state index contributed by atoms with van der Waals surface area (Å²) in [7, 11) is 1.53. The lowest BCUT2D eigenvalue weighted by Gasteiger charge is -2.09. The second kappa shape index (κ2) is 6.75. The van der Waals surface area contributed by atoms with Gasteiger partial charge in [0.1, 0.15) is 6.61 Å². The van der Waals surface area contributed by atoms with E-state index in [0.717, 1.165) is 5.56 Å². The van der Waals surface area contributed by atoms with Crippen molar-refractivity contribution in [3.63, 3.8) is 0 Å². The third-order valence-electron chi connectivity index (χ3n) is 2.24. The van der Waals surface area contributed by atoms with Crippen molar-refractivity contribution in [2.24, 2.45) is 5.92 Å². The second-order valence-electron chi connectivity index (χ2n) is 4.16. The maximum Gasteiger partial charge on any atom is 0.306 e. The van der Waals surface area contributed by atoms with Gasteiger partial charge in [-0.1, -0.05) is 37.3 Å². The Morgan fingerprint density at radius 2 is 1.94 bits per heavy atom. The number of benzene rings is 1. The molecule has 0 spiro atoms. The van der Waals surface area contributed by atoms with E-state index in [0.29, 0.717) is 0 Å². The van der Waals surface area contributed by atoms with Crippen LogP contribution in [0.4, 0.5) is 0 Å². The van der Waals surface area contributed by atoms with Crippen LogP contribution in [0.25, 0.3) is 0 Å². The summed E-state index contributed by atoms with van der Waals surface area (Å²) in [6, 6.07) is 9.27. The lowest BCUT2D eigenvalue weighted by molar-refractivity contribution is -0.145. The maximum absolute atomic E-state index is 11.5. The minimum absolute atomic E-state index is 0.0405. The molecule has 100 valence electrons. The molecule has 1 rings (SSSR count). The third-order valence-corrected chi connectivity index (χ3v) is 3.59. The van der Waals surface area contributed by atoms with Gasteiger partial charge in [-0.25, -0.2) is 8.42 Å². The summed E-state index contributed by atoms with van der Waals surface area (Å²) in [4.78, 5) is 11.5. The van der Waals surface area contributed by atoms with Gasteiger partial charge in [0, 0.05) is 17.1 Å². The number of carbonyl (C=O) groups excluding carboxylic acids is 1. The fraction of sp³-hybridized carbons (Fsp3) is 0.417. The molecule has 0 aliphatic rings. The summed E-state index contributed by atoms with van der Waals surface area (Å²) >= 11 is 0. The van der Waals surface area contributed by atoms with Crippen molar-refractivity contribution < 1.29 is 17.9 Å². The zero-order valence-corrected chi connectivity index (χ0v) is 11.6. The van der Waals surface area contributed by atoms with Crippen LogP contribution >= 0.6 is 10.7 Å². The van der Waals surface area contributed by atoms with Crippen LogP contribution in [0.15, 0.2) is 30.3 Å². The smallest absolute Gasteiger partial charge is 0.306 e. The van der Waals surface area contributed by atoms with Crippen LogP contribution < -0.4 is 0 Å². The molecule has 4 nitrogen and oxygen atoms in total. The van der Waals surface area contributed by atoms with Crippen molar-refractivity contribution in [2.75, 3.05) is 5.75 Å². The van der Waals surface area contributed by atoms with Gasteiger partial charge >= 0.3 is 5.97 Å². The Kier molecular flexibility index (Phi) is 5.62. The van der Waals surface area contributed by atoms with Crippen LogP contribution in [0.3, 0.4) is 0 Å². The molecular weight excluding hydrogens is 276 g/mol. The molecule has 0 fully saturated rings. The van der Waals surface area contributed by atoms with Crippen molar-refractivity contribution in [3.8, 4) is 0 Å². The monoisotopic (exact) mass is 290 g/mol. The second-order valence-corrected chi connectivity index (χ2v) is 6.98. The van der Waals surface area contributed by atoms with Crippen LogP contribution in [-0.2, 0) is 25.2 Å². The van der Waals surface area contributed by atoms with E-state index in [1.165, 1.54) is 0 Å². The number of esters is 1. The molecule has 0 radical (unpaired) electrons. The first kappa shape index (κ1) is 15.0. The summed E-state index contributed by atoms with van der Waals surface area (Å²) in [6.45, 7) is 1.84. The minimum atomic E-state index is -3.57. The SMILES string of the molecule is C[C@@H](CC(=O)OCc1ccccc1)CS(=O)(=O)Cl. The molecule has 0 saturated carbocycles. The van der Waals surface area contributed by atoms with Crippen molar-refractivity contribution in [2.45, 2.75) is 20.0 Å². The molecule has 0 aliphatic carbocycles. The van der Waals surface area contributed by atoms with Gasteiger partial charge in [-0.05, 0) is 11.5 Å². The Morgan fingerprint density at radius 3 is 2.50 bits per heavy atom. The van der Waals surface area contributed by atoms with E-state index in [-0.39, 0.29) is 24.7 Å².